The smallest absolute Gasteiger partial charge is 0.0398 e. The van der Waals surface area contributed by atoms with E-state index in [1.165, 1.54) is 16.7 Å². The van der Waals surface area contributed by atoms with Crippen LogP contribution in [0.15, 0.2) is 18.2 Å². The third-order valence-electron chi connectivity index (χ3n) is 1.37. The van der Waals surface area contributed by atoms with E-state index in [1.807, 2.05) is 0 Å². The van der Waals surface area contributed by atoms with Gasteiger partial charge < -0.3 is 0 Å². The molecule has 0 spiro atoms. The van der Waals surface area contributed by atoms with Gasteiger partial charge in [-0.15, -0.1) is 37.2 Å². The van der Waals surface area contributed by atoms with Crippen LogP contribution in [0.4, 0.5) is 0 Å². The number of rotatable bonds is 0. The molecule has 0 aliphatic rings. The van der Waals surface area contributed by atoms with Gasteiger partial charge in [-0.1, -0.05) is 34.9 Å². The molecular formula is C9H15Cl3. The Morgan fingerprint density at radius 1 is 0.583 bits per heavy atom. The summed E-state index contributed by atoms with van der Waals surface area (Å²) in [6, 6.07) is 6.56. The topological polar surface area (TPSA) is 0 Å². The molecule has 0 saturated carbocycles. The molecule has 0 radical (unpaired) electrons. The molecule has 0 fully saturated rings. The first-order valence-electron chi connectivity index (χ1n) is 3.23. The average molecular weight is 230 g/mol. The van der Waals surface area contributed by atoms with E-state index >= 15 is 0 Å². The van der Waals surface area contributed by atoms with Crippen molar-refractivity contribution >= 4 is 37.2 Å². The van der Waals surface area contributed by atoms with Crippen LogP contribution in [-0.2, 0) is 0 Å². The van der Waals surface area contributed by atoms with Crippen molar-refractivity contribution in [2.45, 2.75) is 20.8 Å². The van der Waals surface area contributed by atoms with E-state index in [0.29, 0.717) is 0 Å². The Kier molecular flexibility index (Phi) is 11.6. The summed E-state index contributed by atoms with van der Waals surface area (Å²) < 4.78 is 0. The second-order valence-corrected chi connectivity index (χ2v) is 2.67. The first kappa shape index (κ1) is 18.0. The van der Waals surface area contributed by atoms with Crippen molar-refractivity contribution in [2.75, 3.05) is 0 Å². The van der Waals surface area contributed by atoms with Crippen LogP contribution in [0, 0.1) is 20.8 Å². The fourth-order valence-corrected chi connectivity index (χ4v) is 1.20. The molecule has 3 heteroatoms. The average Bonchev–Trinajstić information content (AvgIpc) is 1.59. The largest absolute Gasteiger partial charge is 0.147 e. The lowest BCUT2D eigenvalue weighted by atomic mass is 10.1. The second-order valence-electron chi connectivity index (χ2n) is 2.67. The number of hydrogen-bond acceptors (Lipinski definition) is 0. The maximum Gasteiger partial charge on any atom is -0.0398 e. The van der Waals surface area contributed by atoms with Crippen molar-refractivity contribution in [3.63, 3.8) is 0 Å². The van der Waals surface area contributed by atoms with Crippen LogP contribution >= 0.6 is 37.2 Å². The van der Waals surface area contributed by atoms with E-state index in [-0.39, 0.29) is 37.2 Å². The Hall–Kier alpha value is 0.0900. The van der Waals surface area contributed by atoms with Crippen LogP contribution in [0.3, 0.4) is 0 Å². The third-order valence-corrected chi connectivity index (χ3v) is 1.37. The van der Waals surface area contributed by atoms with Crippen molar-refractivity contribution in [2.24, 2.45) is 0 Å². The van der Waals surface area contributed by atoms with E-state index < -0.39 is 0 Å². The molecule has 0 aliphatic carbocycles. The SMILES string of the molecule is Cc1cc(C)cc(C)c1.Cl.Cl.Cl. The van der Waals surface area contributed by atoms with Crippen molar-refractivity contribution in [3.8, 4) is 0 Å². The highest BCUT2D eigenvalue weighted by Crippen LogP contribution is 2.06. The maximum atomic E-state index is 2.19. The molecule has 0 unspecified atom stereocenters. The summed E-state index contributed by atoms with van der Waals surface area (Å²) in [6.45, 7) is 6.38. The fraction of sp³-hybridized carbons (Fsp3) is 0.333. The summed E-state index contributed by atoms with van der Waals surface area (Å²) in [5.74, 6) is 0. The summed E-state index contributed by atoms with van der Waals surface area (Å²) in [4.78, 5) is 0. The molecule has 72 valence electrons. The predicted octanol–water partition coefficient (Wildman–Crippen LogP) is 3.88. The van der Waals surface area contributed by atoms with E-state index in [9.17, 15) is 0 Å². The zero-order valence-electron chi connectivity index (χ0n) is 7.46. The van der Waals surface area contributed by atoms with Gasteiger partial charge in [-0.2, -0.15) is 0 Å². The molecule has 1 rings (SSSR count). The van der Waals surface area contributed by atoms with Crippen LogP contribution in [0.2, 0.25) is 0 Å². The van der Waals surface area contributed by atoms with Crippen LogP contribution in [0.5, 0.6) is 0 Å². The molecule has 0 amide bonds. The van der Waals surface area contributed by atoms with Crippen LogP contribution in [-0.4, -0.2) is 0 Å². The normalized spacial score (nSPS) is 7.25. The Morgan fingerprint density at radius 3 is 0.917 bits per heavy atom. The lowest BCUT2D eigenvalue weighted by Gasteiger charge is -1.96. The fourth-order valence-electron chi connectivity index (χ4n) is 1.20. The Labute approximate surface area is 93.0 Å². The Bertz CT molecular complexity index is 171. The zero-order chi connectivity index (χ0) is 6.85. The van der Waals surface area contributed by atoms with Crippen molar-refractivity contribution in [3.05, 3.63) is 34.9 Å². The molecule has 0 aliphatic heterocycles. The standard InChI is InChI=1S/C9H12.3ClH/c1-7-4-8(2)6-9(3)5-7;;;/h4-6H,1-3H3;3*1H. The summed E-state index contributed by atoms with van der Waals surface area (Å²) >= 11 is 0. The van der Waals surface area contributed by atoms with E-state index in [0.717, 1.165) is 0 Å². The van der Waals surface area contributed by atoms with E-state index in [2.05, 4.69) is 39.0 Å². The molecule has 1 aromatic rings. The van der Waals surface area contributed by atoms with Gasteiger partial charge in [0.05, 0.1) is 0 Å². The Balaban J connectivity index is -0.000000270. The zero-order valence-corrected chi connectivity index (χ0v) is 9.91. The van der Waals surface area contributed by atoms with Crippen molar-refractivity contribution in [1.29, 1.82) is 0 Å². The highest BCUT2D eigenvalue weighted by Gasteiger charge is 1.87. The molecule has 12 heavy (non-hydrogen) atoms. The van der Waals surface area contributed by atoms with Crippen LogP contribution in [0.25, 0.3) is 0 Å². The van der Waals surface area contributed by atoms with Gasteiger partial charge in [-0.25, -0.2) is 0 Å². The lowest BCUT2D eigenvalue weighted by Crippen LogP contribution is -1.78. The summed E-state index contributed by atoms with van der Waals surface area (Å²) in [5.41, 5.74) is 4.06. The minimum Gasteiger partial charge on any atom is -0.147 e. The van der Waals surface area contributed by atoms with Crippen LogP contribution in [0.1, 0.15) is 16.7 Å². The van der Waals surface area contributed by atoms with E-state index in [4.69, 9.17) is 0 Å². The maximum absolute atomic E-state index is 2.19. The monoisotopic (exact) mass is 228 g/mol. The number of benzene rings is 1. The Morgan fingerprint density at radius 2 is 0.750 bits per heavy atom. The lowest BCUT2D eigenvalue weighted by molar-refractivity contribution is 1.32. The molecule has 0 nitrogen and oxygen atoms in total. The van der Waals surface area contributed by atoms with E-state index in [1.54, 1.807) is 0 Å². The van der Waals surface area contributed by atoms with Gasteiger partial charge in [0.2, 0.25) is 0 Å². The molecule has 0 saturated heterocycles. The van der Waals surface area contributed by atoms with Gasteiger partial charge in [-0.3, -0.25) is 0 Å². The van der Waals surface area contributed by atoms with Crippen molar-refractivity contribution in [1.82, 2.24) is 0 Å². The number of hydrogen-bond donors (Lipinski definition) is 0. The summed E-state index contributed by atoms with van der Waals surface area (Å²) in [5, 5.41) is 0. The van der Waals surface area contributed by atoms with Gasteiger partial charge >= 0.3 is 0 Å². The minimum atomic E-state index is 0. The first-order chi connectivity index (χ1) is 4.18. The number of halogens is 3. The minimum absolute atomic E-state index is 0. The molecule has 0 heterocycles. The highest BCUT2D eigenvalue weighted by molar-refractivity contribution is 5.86. The molecular weight excluding hydrogens is 214 g/mol. The summed E-state index contributed by atoms with van der Waals surface area (Å²) in [7, 11) is 0. The highest BCUT2D eigenvalue weighted by atomic mass is 35.5. The van der Waals surface area contributed by atoms with Gasteiger partial charge in [-0.05, 0) is 20.8 Å². The molecule has 0 N–H and O–H groups in total. The molecule has 0 aromatic heterocycles. The molecule has 0 atom stereocenters. The van der Waals surface area contributed by atoms with Gasteiger partial charge in [0, 0.05) is 0 Å². The molecule has 1 aromatic carbocycles. The first-order valence-corrected chi connectivity index (χ1v) is 3.23. The number of aryl methyl sites for hydroxylation is 3. The van der Waals surface area contributed by atoms with Gasteiger partial charge in [0.1, 0.15) is 0 Å². The van der Waals surface area contributed by atoms with Crippen LogP contribution < -0.4 is 0 Å². The third kappa shape index (κ3) is 5.70. The van der Waals surface area contributed by atoms with Gasteiger partial charge in [0.15, 0.2) is 0 Å². The second kappa shape index (κ2) is 7.72. The predicted molar refractivity (Wildman–Crippen MR) is 62.4 cm³/mol. The molecule has 0 bridgehead atoms. The van der Waals surface area contributed by atoms with Crippen molar-refractivity contribution < 1.29 is 0 Å². The van der Waals surface area contributed by atoms with Gasteiger partial charge in [0.25, 0.3) is 0 Å². The summed E-state index contributed by atoms with van der Waals surface area (Å²) in [6.07, 6.45) is 0. The quantitative estimate of drug-likeness (QED) is 0.633.